The summed E-state index contributed by atoms with van der Waals surface area (Å²) in [5.41, 5.74) is 1.27. The number of aliphatic hydroxyl groups excluding tert-OH is 1. The summed E-state index contributed by atoms with van der Waals surface area (Å²) in [5, 5.41) is 27.9. The average molecular weight is 551 g/mol. The van der Waals surface area contributed by atoms with Gasteiger partial charge >= 0.3 is 11.9 Å². The number of benzene rings is 1. The molecule has 0 fully saturated rings. The van der Waals surface area contributed by atoms with Crippen LogP contribution in [-0.4, -0.2) is 62.7 Å². The van der Waals surface area contributed by atoms with Crippen molar-refractivity contribution in [3.63, 3.8) is 0 Å². The van der Waals surface area contributed by atoms with Gasteiger partial charge in [0.25, 0.3) is 0 Å². The number of methoxy groups -OCH3 is 1. The van der Waals surface area contributed by atoms with Crippen molar-refractivity contribution in [2.45, 2.75) is 59.2 Å². The molecule has 2 aromatic heterocycles. The van der Waals surface area contributed by atoms with E-state index < -0.39 is 23.6 Å². The molecule has 0 amide bonds. The molecule has 12 heteroatoms. The van der Waals surface area contributed by atoms with Crippen LogP contribution in [0.4, 0.5) is 5.95 Å². The first kappa shape index (κ1) is 30.0. The fourth-order valence-corrected chi connectivity index (χ4v) is 3.98. The molecule has 0 saturated heterocycles. The molecule has 0 aliphatic carbocycles. The van der Waals surface area contributed by atoms with E-state index in [1.165, 1.54) is 18.0 Å². The van der Waals surface area contributed by atoms with Crippen LogP contribution < -0.4 is 10.1 Å². The molecular weight excluding hydrogens is 516 g/mol. The highest BCUT2D eigenvalue weighted by atomic mass is 16.6. The lowest BCUT2D eigenvalue weighted by Crippen LogP contribution is -2.28. The van der Waals surface area contributed by atoms with Crippen molar-refractivity contribution in [1.29, 1.82) is 5.26 Å². The predicted octanol–water partition coefficient (Wildman–Crippen LogP) is 3.68. The molecule has 1 atom stereocenters. The molecule has 0 saturated carbocycles. The molecule has 3 rings (SSSR count). The monoisotopic (exact) mass is 550 g/mol. The third-order valence-electron chi connectivity index (χ3n) is 5.57. The Kier molecular flexibility index (Phi) is 9.44. The normalized spacial score (nSPS) is 12.0. The van der Waals surface area contributed by atoms with Gasteiger partial charge in [0, 0.05) is 5.56 Å². The topological polar surface area (TPSA) is 161 Å². The second-order valence-electron chi connectivity index (χ2n) is 10.1. The summed E-state index contributed by atoms with van der Waals surface area (Å²) in [7, 11) is 1.42. The van der Waals surface area contributed by atoms with Gasteiger partial charge in [-0.05, 0) is 51.3 Å². The maximum atomic E-state index is 13.0. The lowest BCUT2D eigenvalue weighted by atomic mass is 9.94. The molecule has 0 bridgehead atoms. The van der Waals surface area contributed by atoms with Crippen LogP contribution in [0.5, 0.6) is 5.88 Å². The highest BCUT2D eigenvalue weighted by molar-refractivity contribution is 5.90. The van der Waals surface area contributed by atoms with E-state index in [4.69, 9.17) is 19.5 Å². The van der Waals surface area contributed by atoms with Gasteiger partial charge in [-0.15, -0.1) is 0 Å². The van der Waals surface area contributed by atoms with Gasteiger partial charge in [-0.3, -0.25) is 4.79 Å². The van der Waals surface area contributed by atoms with Gasteiger partial charge in [0.1, 0.15) is 23.9 Å². The zero-order chi connectivity index (χ0) is 29.6. The number of anilines is 1. The Morgan fingerprint density at radius 2 is 1.88 bits per heavy atom. The van der Waals surface area contributed by atoms with Crippen molar-refractivity contribution < 1.29 is 28.9 Å². The molecule has 40 heavy (non-hydrogen) atoms. The molecule has 1 aromatic carbocycles. The van der Waals surface area contributed by atoms with E-state index in [2.05, 4.69) is 20.4 Å². The Balaban J connectivity index is 2.10. The smallest absolute Gasteiger partial charge is 0.359 e. The Morgan fingerprint density at radius 3 is 2.42 bits per heavy atom. The lowest BCUT2D eigenvalue weighted by molar-refractivity contribution is -0.152. The molecule has 2 N–H and O–H groups in total. The zero-order valence-electron chi connectivity index (χ0n) is 23.7. The van der Waals surface area contributed by atoms with Crippen molar-refractivity contribution in [1.82, 2.24) is 19.7 Å². The maximum absolute atomic E-state index is 13.0. The van der Waals surface area contributed by atoms with Crippen LogP contribution in [0.25, 0.3) is 5.69 Å². The van der Waals surface area contributed by atoms with Gasteiger partial charge in [-0.2, -0.15) is 15.3 Å². The van der Waals surface area contributed by atoms with Crippen molar-refractivity contribution in [2.75, 3.05) is 25.6 Å². The summed E-state index contributed by atoms with van der Waals surface area (Å²) in [4.78, 5) is 33.8. The number of nitrogens with one attached hydrogen (secondary N) is 1. The summed E-state index contributed by atoms with van der Waals surface area (Å²) in [5.74, 6) is -1.18. The molecule has 2 heterocycles. The zero-order valence-corrected chi connectivity index (χ0v) is 23.7. The van der Waals surface area contributed by atoms with E-state index in [0.717, 1.165) is 0 Å². The largest absolute Gasteiger partial charge is 0.479 e. The Morgan fingerprint density at radius 1 is 1.20 bits per heavy atom. The molecule has 1 unspecified atom stereocenters. The molecule has 0 aliphatic heterocycles. The van der Waals surface area contributed by atoms with Crippen molar-refractivity contribution in [3.05, 3.63) is 58.5 Å². The number of hydrogen-bond acceptors (Lipinski definition) is 11. The Bertz CT molecular complexity index is 1400. The molecule has 212 valence electrons. The predicted molar refractivity (Wildman–Crippen MR) is 145 cm³/mol. The molecule has 0 aliphatic rings. The van der Waals surface area contributed by atoms with E-state index in [0.29, 0.717) is 22.5 Å². The average Bonchev–Trinajstić information content (AvgIpc) is 3.31. The Hall–Kier alpha value is -4.50. The van der Waals surface area contributed by atoms with E-state index in [-0.39, 0.29) is 42.2 Å². The van der Waals surface area contributed by atoms with Crippen LogP contribution in [0.2, 0.25) is 0 Å². The number of aromatic nitrogens is 4. The first-order chi connectivity index (χ1) is 18.9. The minimum absolute atomic E-state index is 0.0726. The van der Waals surface area contributed by atoms with Crippen LogP contribution in [0.15, 0.2) is 30.5 Å². The number of rotatable bonds is 10. The standard InChI is InChI=1S/C28H34N6O6/c1-8-39-26(37)22-21(24(36)18-11-9-17(13-29)10-12-18)23(16(2)3)34(33-22)19-14-30-27(32-25(19)38-7)31-15-20(35)40-28(4,5)6/h9-12,14,16,24,36H,8,15H2,1-7H3,(H,30,31,32). The highest BCUT2D eigenvalue weighted by Gasteiger charge is 2.32. The first-order valence-electron chi connectivity index (χ1n) is 12.7. The first-order valence-corrected chi connectivity index (χ1v) is 12.7. The summed E-state index contributed by atoms with van der Waals surface area (Å²) in [6, 6.07) is 8.46. The third kappa shape index (κ3) is 6.92. The van der Waals surface area contributed by atoms with Crippen LogP contribution in [0, 0.1) is 11.3 Å². The molecular formula is C28H34N6O6. The second kappa shape index (κ2) is 12.6. The summed E-state index contributed by atoms with van der Waals surface area (Å²) in [6.07, 6.45) is 0.189. The molecule has 3 aromatic rings. The quantitative estimate of drug-likeness (QED) is 0.354. The number of ether oxygens (including phenoxy) is 3. The molecule has 0 spiro atoms. The van der Waals surface area contributed by atoms with E-state index in [1.54, 1.807) is 52.0 Å². The van der Waals surface area contributed by atoms with E-state index in [1.807, 2.05) is 19.9 Å². The Labute approximate surface area is 232 Å². The molecule has 0 radical (unpaired) electrons. The minimum atomic E-state index is -1.25. The summed E-state index contributed by atoms with van der Waals surface area (Å²) < 4.78 is 17.5. The van der Waals surface area contributed by atoms with Gasteiger partial charge in [-0.25, -0.2) is 14.5 Å². The van der Waals surface area contributed by atoms with Crippen molar-refractivity contribution in [2.24, 2.45) is 0 Å². The van der Waals surface area contributed by atoms with Crippen LogP contribution in [-0.2, 0) is 14.3 Å². The fourth-order valence-electron chi connectivity index (χ4n) is 3.98. The fraction of sp³-hybridized carbons (Fsp3) is 0.429. The highest BCUT2D eigenvalue weighted by Crippen LogP contribution is 2.36. The van der Waals surface area contributed by atoms with Gasteiger partial charge < -0.3 is 24.6 Å². The van der Waals surface area contributed by atoms with Crippen molar-refractivity contribution in [3.8, 4) is 17.6 Å². The number of hydrogen-bond donors (Lipinski definition) is 2. The summed E-state index contributed by atoms with van der Waals surface area (Å²) in [6.45, 7) is 10.7. The van der Waals surface area contributed by atoms with Crippen LogP contribution in [0.1, 0.15) is 86.4 Å². The number of carbonyl (C=O) groups is 2. The number of esters is 2. The SMILES string of the molecule is CCOC(=O)c1nn(-c2cnc(NCC(=O)OC(C)(C)C)nc2OC)c(C(C)C)c1C(O)c1ccc(C#N)cc1. The van der Waals surface area contributed by atoms with Gasteiger partial charge in [0.15, 0.2) is 5.69 Å². The number of carbonyl (C=O) groups excluding carboxylic acids is 2. The number of aliphatic hydroxyl groups is 1. The van der Waals surface area contributed by atoms with Gasteiger partial charge in [0.2, 0.25) is 11.8 Å². The minimum Gasteiger partial charge on any atom is -0.479 e. The van der Waals surface area contributed by atoms with Crippen molar-refractivity contribution >= 4 is 17.9 Å². The maximum Gasteiger partial charge on any atom is 0.359 e. The number of nitriles is 1. The van der Waals surface area contributed by atoms with Crippen LogP contribution >= 0.6 is 0 Å². The van der Waals surface area contributed by atoms with E-state index in [9.17, 15) is 14.7 Å². The number of nitrogens with zero attached hydrogens (tertiary/aromatic N) is 5. The summed E-state index contributed by atoms with van der Waals surface area (Å²) >= 11 is 0. The molecule has 12 nitrogen and oxygen atoms in total. The third-order valence-corrected chi connectivity index (χ3v) is 5.57. The van der Waals surface area contributed by atoms with Gasteiger partial charge in [0.05, 0.1) is 37.2 Å². The second-order valence-corrected chi connectivity index (χ2v) is 10.1. The lowest BCUT2D eigenvalue weighted by Gasteiger charge is -2.19. The van der Waals surface area contributed by atoms with Crippen LogP contribution in [0.3, 0.4) is 0 Å². The van der Waals surface area contributed by atoms with E-state index >= 15 is 0 Å². The van der Waals surface area contributed by atoms with Gasteiger partial charge in [-0.1, -0.05) is 26.0 Å².